The Bertz CT molecular complexity index is 2350. The highest BCUT2D eigenvalue weighted by Gasteiger charge is 2.15. The molecule has 0 aliphatic carbocycles. The Morgan fingerprint density at radius 2 is 1.03 bits per heavy atom. The first-order valence-corrected chi connectivity index (χ1v) is 20.4. The van der Waals surface area contributed by atoms with Crippen molar-refractivity contribution in [3.63, 3.8) is 0 Å². The van der Waals surface area contributed by atoms with Gasteiger partial charge in [0.1, 0.15) is 0 Å². The molecular weight excluding hydrogens is 757 g/mol. The maximum Gasteiger partial charge on any atom is 0.310 e. The maximum absolute atomic E-state index is 11.2. The lowest BCUT2D eigenvalue weighted by Gasteiger charge is -2.26. The smallest absolute Gasteiger partial charge is 0.310 e. The minimum atomic E-state index is -0.562. The van der Waals surface area contributed by atoms with Crippen LogP contribution < -0.4 is 11.1 Å². The molecule has 3 N–H and O–H groups in total. The van der Waals surface area contributed by atoms with Crippen LogP contribution in [-0.4, -0.2) is 103 Å². The Hall–Kier alpha value is -6.05. The van der Waals surface area contributed by atoms with Crippen LogP contribution in [0, 0.1) is 0 Å². The number of rotatable bonds is 9. The summed E-state index contributed by atoms with van der Waals surface area (Å²) in [7, 11) is 0. The number of nitrogens with zero attached hydrogens (tertiary/aromatic N) is 4. The first kappa shape index (κ1) is 43.5. The van der Waals surface area contributed by atoms with Crippen LogP contribution in [0.5, 0.6) is 0 Å². The van der Waals surface area contributed by atoms with Crippen molar-refractivity contribution in [2.45, 2.75) is 33.6 Å². The summed E-state index contributed by atoms with van der Waals surface area (Å²) in [6.45, 7) is 13.3. The number of aromatic nitrogens is 2. The van der Waals surface area contributed by atoms with Crippen molar-refractivity contribution in [1.82, 2.24) is 19.8 Å². The lowest BCUT2D eigenvalue weighted by molar-refractivity contribution is -0.156. The number of para-hydroxylation sites is 2. The standard InChI is InChI=1S/C23H25N3O2.C21H23N3O.C4H6O3/c1-17(27)24-20-8-6-18(7-9-20)23-16-19(10-11-26-12-14-28-15-13-26)21-4-2-3-5-22(21)25-23;22-18-7-5-16(6-8-18)21-15-17(9-10-24-11-13-25-14-12-24)19-3-1-2-4-20(19)23-21;1-3(5)7-4(2)6/h2-9,16H,10-15H2,1H3,(H,24,27);1-8,15H,9-14,22H2;1-2H3. The topological polar surface area (TPSA) is 149 Å². The van der Waals surface area contributed by atoms with Crippen LogP contribution >= 0.6 is 0 Å². The van der Waals surface area contributed by atoms with Crippen LogP contribution in [0.1, 0.15) is 31.9 Å². The molecule has 4 aromatic carbocycles. The molecule has 12 heteroatoms. The van der Waals surface area contributed by atoms with Crippen molar-refractivity contribution in [2.75, 3.05) is 76.7 Å². The number of benzene rings is 4. The molecule has 0 bridgehead atoms. The molecule has 2 fully saturated rings. The second kappa shape index (κ2) is 21.8. The highest BCUT2D eigenvalue weighted by atomic mass is 16.6. The number of fused-ring (bicyclic) bond motifs is 2. The molecule has 60 heavy (non-hydrogen) atoms. The van der Waals surface area contributed by atoms with E-state index in [2.05, 4.69) is 68.4 Å². The predicted octanol–water partition coefficient (Wildman–Crippen LogP) is 7.19. The van der Waals surface area contributed by atoms with E-state index in [1.807, 2.05) is 60.7 Å². The number of hydrogen-bond acceptors (Lipinski definition) is 11. The molecule has 1 amide bonds. The predicted molar refractivity (Wildman–Crippen MR) is 237 cm³/mol. The van der Waals surface area contributed by atoms with E-state index in [1.54, 1.807) is 0 Å². The van der Waals surface area contributed by atoms with E-state index < -0.39 is 11.9 Å². The molecule has 312 valence electrons. The van der Waals surface area contributed by atoms with Crippen LogP contribution in [0.25, 0.3) is 44.3 Å². The number of pyridine rings is 2. The minimum Gasteiger partial charge on any atom is -0.399 e. The van der Waals surface area contributed by atoms with Crippen molar-refractivity contribution in [2.24, 2.45) is 0 Å². The van der Waals surface area contributed by atoms with E-state index in [9.17, 15) is 14.4 Å². The molecule has 0 spiro atoms. The van der Waals surface area contributed by atoms with Crippen molar-refractivity contribution < 1.29 is 28.6 Å². The number of esters is 2. The van der Waals surface area contributed by atoms with E-state index in [1.165, 1.54) is 42.7 Å². The van der Waals surface area contributed by atoms with E-state index in [4.69, 9.17) is 25.2 Å². The molecule has 12 nitrogen and oxygen atoms in total. The van der Waals surface area contributed by atoms with E-state index >= 15 is 0 Å². The average Bonchev–Trinajstić information content (AvgIpc) is 3.25. The first-order valence-electron chi connectivity index (χ1n) is 20.4. The Labute approximate surface area is 351 Å². The number of ether oxygens (including phenoxy) is 3. The van der Waals surface area contributed by atoms with E-state index in [0.717, 1.165) is 123 Å². The summed E-state index contributed by atoms with van der Waals surface area (Å²) in [6.07, 6.45) is 2.00. The van der Waals surface area contributed by atoms with Crippen molar-refractivity contribution in [1.29, 1.82) is 0 Å². The molecule has 0 unspecified atom stereocenters. The Kier molecular flexibility index (Phi) is 15.8. The van der Waals surface area contributed by atoms with Crippen molar-refractivity contribution >= 4 is 51.0 Å². The Balaban J connectivity index is 0.000000175. The Morgan fingerprint density at radius 1 is 0.617 bits per heavy atom. The van der Waals surface area contributed by atoms with Gasteiger partial charge in [-0.1, -0.05) is 60.7 Å². The molecule has 2 aliphatic rings. The lowest BCUT2D eigenvalue weighted by Crippen LogP contribution is -2.37. The zero-order valence-electron chi connectivity index (χ0n) is 34.7. The van der Waals surface area contributed by atoms with Gasteiger partial charge in [-0.2, -0.15) is 0 Å². The zero-order valence-corrected chi connectivity index (χ0v) is 34.7. The van der Waals surface area contributed by atoms with Gasteiger partial charge < -0.3 is 25.3 Å². The van der Waals surface area contributed by atoms with Crippen molar-refractivity contribution in [3.8, 4) is 22.5 Å². The van der Waals surface area contributed by atoms with Gasteiger partial charge in [-0.05, 0) is 72.5 Å². The summed E-state index contributed by atoms with van der Waals surface area (Å²) in [6, 6.07) is 37.0. The average molecular weight is 811 g/mol. The molecular formula is C48H54N6O6. The van der Waals surface area contributed by atoms with Gasteiger partial charge in [0.25, 0.3) is 0 Å². The monoisotopic (exact) mass is 810 g/mol. The summed E-state index contributed by atoms with van der Waals surface area (Å²) in [4.78, 5) is 45.5. The number of morpholine rings is 2. The van der Waals surface area contributed by atoms with Crippen LogP contribution in [0.4, 0.5) is 11.4 Å². The summed E-state index contributed by atoms with van der Waals surface area (Å²) >= 11 is 0. The molecule has 0 atom stereocenters. The van der Waals surface area contributed by atoms with Crippen LogP contribution in [0.2, 0.25) is 0 Å². The van der Waals surface area contributed by atoms with Crippen LogP contribution in [0.15, 0.2) is 109 Å². The largest absolute Gasteiger partial charge is 0.399 e. The normalized spacial score (nSPS) is 14.3. The second-order valence-corrected chi connectivity index (χ2v) is 14.7. The fourth-order valence-electron chi connectivity index (χ4n) is 7.19. The van der Waals surface area contributed by atoms with Gasteiger partial charge in [-0.25, -0.2) is 9.97 Å². The zero-order chi connectivity index (χ0) is 42.3. The fraction of sp³-hybridized carbons (Fsp3) is 0.312. The van der Waals surface area contributed by atoms with Crippen LogP contribution in [0.3, 0.4) is 0 Å². The summed E-state index contributed by atoms with van der Waals surface area (Å²) in [5, 5.41) is 5.27. The minimum absolute atomic E-state index is 0.0676. The number of anilines is 2. The molecule has 6 aromatic rings. The van der Waals surface area contributed by atoms with Gasteiger partial charge in [0.05, 0.1) is 48.8 Å². The SMILES string of the molecule is CC(=O)Nc1ccc(-c2cc(CCN3CCOCC3)c3ccccc3n2)cc1.CC(=O)OC(C)=O.Nc1ccc(-c2cc(CCN3CCOCC3)c3ccccc3n2)cc1. The molecule has 2 aromatic heterocycles. The second-order valence-electron chi connectivity index (χ2n) is 14.7. The van der Waals surface area contributed by atoms with Gasteiger partial charge in [0, 0.05) is 93.3 Å². The number of carbonyl (C=O) groups excluding carboxylic acids is 3. The van der Waals surface area contributed by atoms with Gasteiger partial charge in [0.15, 0.2) is 0 Å². The number of nitrogens with one attached hydrogen (secondary N) is 1. The quantitative estimate of drug-likeness (QED) is 0.0869. The van der Waals surface area contributed by atoms with Gasteiger partial charge in [0.2, 0.25) is 5.91 Å². The molecule has 2 aliphatic heterocycles. The van der Waals surface area contributed by atoms with Gasteiger partial charge in [-0.3, -0.25) is 24.2 Å². The van der Waals surface area contributed by atoms with E-state index in [-0.39, 0.29) is 5.91 Å². The Morgan fingerprint density at radius 3 is 1.43 bits per heavy atom. The molecule has 4 heterocycles. The number of hydrogen-bond donors (Lipinski definition) is 2. The number of amides is 1. The van der Waals surface area contributed by atoms with Crippen LogP contribution in [-0.2, 0) is 41.4 Å². The maximum atomic E-state index is 11.2. The molecule has 2 saturated heterocycles. The third-order valence-corrected chi connectivity index (χ3v) is 10.2. The van der Waals surface area contributed by atoms with E-state index in [0.29, 0.717) is 0 Å². The lowest BCUT2D eigenvalue weighted by atomic mass is 10.0. The number of nitrogens with two attached hydrogens (primary N) is 1. The number of nitrogen functional groups attached to an aromatic ring is 1. The summed E-state index contributed by atoms with van der Waals surface area (Å²) in [5.41, 5.74) is 16.3. The van der Waals surface area contributed by atoms with Crippen molar-refractivity contribution in [3.05, 3.63) is 120 Å². The third-order valence-electron chi connectivity index (χ3n) is 10.2. The molecule has 0 radical (unpaired) electrons. The fourth-order valence-corrected chi connectivity index (χ4v) is 7.19. The highest BCUT2D eigenvalue weighted by molar-refractivity contribution is 5.89. The third kappa shape index (κ3) is 13.0. The van der Waals surface area contributed by atoms with Gasteiger partial charge in [-0.15, -0.1) is 0 Å². The summed E-state index contributed by atoms with van der Waals surface area (Å²) in [5.74, 6) is -1.19. The highest BCUT2D eigenvalue weighted by Crippen LogP contribution is 2.28. The molecule has 0 saturated carbocycles. The number of carbonyl (C=O) groups is 3. The molecule has 8 rings (SSSR count). The first-order chi connectivity index (χ1) is 29.1. The summed E-state index contributed by atoms with van der Waals surface area (Å²) < 4.78 is 14.9. The van der Waals surface area contributed by atoms with Gasteiger partial charge >= 0.3 is 11.9 Å².